The van der Waals surface area contributed by atoms with Crippen LogP contribution >= 0.6 is 0 Å². The molecule has 32 heavy (non-hydrogen) atoms. The average Bonchev–Trinajstić information content (AvgIpc) is 3.15. The summed E-state index contributed by atoms with van der Waals surface area (Å²) < 4.78 is 8.08. The number of amides is 1. The maximum absolute atomic E-state index is 12.5. The zero-order valence-electron chi connectivity index (χ0n) is 18.7. The van der Waals surface area contributed by atoms with E-state index < -0.39 is 0 Å². The molecule has 0 bridgehead atoms. The lowest BCUT2D eigenvalue weighted by atomic mass is 10.1. The van der Waals surface area contributed by atoms with Crippen molar-refractivity contribution in [2.75, 3.05) is 6.61 Å². The lowest BCUT2D eigenvalue weighted by Gasteiger charge is -2.11. The van der Waals surface area contributed by atoms with E-state index >= 15 is 0 Å². The van der Waals surface area contributed by atoms with Crippen LogP contribution < -0.4 is 10.1 Å². The molecular formula is C27H29N3O2. The number of aryl methyl sites for hydroxylation is 3. The van der Waals surface area contributed by atoms with Gasteiger partial charge in [0.25, 0.3) is 5.91 Å². The van der Waals surface area contributed by atoms with Crippen LogP contribution in [0.3, 0.4) is 0 Å². The SMILES string of the molecule is Cc1ccc(C(=O)NCc2nc3ccccc3n2CCCCOc2cccc(C)c2)cc1. The Balaban J connectivity index is 1.37. The molecule has 0 spiro atoms. The number of nitrogens with zero attached hydrogens (tertiary/aromatic N) is 2. The third-order valence-electron chi connectivity index (χ3n) is 5.49. The van der Waals surface area contributed by atoms with E-state index in [0.717, 1.165) is 47.6 Å². The van der Waals surface area contributed by atoms with Crippen molar-refractivity contribution in [1.29, 1.82) is 0 Å². The number of unbranched alkanes of at least 4 members (excludes halogenated alkanes) is 1. The topological polar surface area (TPSA) is 56.2 Å². The largest absolute Gasteiger partial charge is 0.494 e. The number of carbonyl (C=O) groups excluding carboxylic acids is 1. The van der Waals surface area contributed by atoms with Crippen molar-refractivity contribution in [3.05, 3.63) is 95.3 Å². The van der Waals surface area contributed by atoms with Gasteiger partial charge in [0.15, 0.2) is 0 Å². The molecule has 164 valence electrons. The van der Waals surface area contributed by atoms with Gasteiger partial charge in [-0.3, -0.25) is 4.79 Å². The number of nitrogens with one attached hydrogen (secondary N) is 1. The maximum Gasteiger partial charge on any atom is 0.251 e. The fourth-order valence-electron chi connectivity index (χ4n) is 3.74. The van der Waals surface area contributed by atoms with Crippen molar-refractivity contribution in [1.82, 2.24) is 14.9 Å². The first-order valence-electron chi connectivity index (χ1n) is 11.1. The predicted octanol–water partition coefficient (Wildman–Crippen LogP) is 5.44. The first-order chi connectivity index (χ1) is 15.6. The van der Waals surface area contributed by atoms with Gasteiger partial charge < -0.3 is 14.6 Å². The lowest BCUT2D eigenvalue weighted by Crippen LogP contribution is -2.24. The van der Waals surface area contributed by atoms with Crippen molar-refractivity contribution in [3.8, 4) is 5.75 Å². The molecule has 0 fully saturated rings. The molecule has 0 saturated heterocycles. The summed E-state index contributed by atoms with van der Waals surface area (Å²) in [5.41, 5.74) is 5.03. The minimum atomic E-state index is -0.0878. The highest BCUT2D eigenvalue weighted by Crippen LogP contribution is 2.18. The molecular weight excluding hydrogens is 398 g/mol. The maximum atomic E-state index is 12.5. The van der Waals surface area contributed by atoms with E-state index in [-0.39, 0.29) is 5.91 Å². The van der Waals surface area contributed by atoms with Crippen LogP contribution in [-0.4, -0.2) is 22.1 Å². The number of ether oxygens (including phenoxy) is 1. The molecule has 0 aliphatic heterocycles. The summed E-state index contributed by atoms with van der Waals surface area (Å²) in [5.74, 6) is 1.69. The van der Waals surface area contributed by atoms with Crippen molar-refractivity contribution >= 4 is 16.9 Å². The minimum absolute atomic E-state index is 0.0878. The van der Waals surface area contributed by atoms with Gasteiger partial charge in [-0.2, -0.15) is 0 Å². The number of rotatable bonds is 9. The first kappa shape index (κ1) is 21.6. The Morgan fingerprint density at radius 1 is 0.938 bits per heavy atom. The Morgan fingerprint density at radius 2 is 1.75 bits per heavy atom. The number of carbonyl (C=O) groups is 1. The van der Waals surface area contributed by atoms with Crippen LogP contribution in [0.2, 0.25) is 0 Å². The highest BCUT2D eigenvalue weighted by Gasteiger charge is 2.12. The summed E-state index contributed by atoms with van der Waals surface area (Å²) >= 11 is 0. The van der Waals surface area contributed by atoms with Gasteiger partial charge >= 0.3 is 0 Å². The number of imidazole rings is 1. The van der Waals surface area contributed by atoms with Crippen molar-refractivity contribution < 1.29 is 9.53 Å². The molecule has 0 atom stereocenters. The Labute approximate surface area is 189 Å². The van der Waals surface area contributed by atoms with E-state index in [1.807, 2.05) is 61.5 Å². The Hall–Kier alpha value is -3.60. The van der Waals surface area contributed by atoms with Gasteiger partial charge in [0.2, 0.25) is 0 Å². The number of fused-ring (bicyclic) bond motifs is 1. The lowest BCUT2D eigenvalue weighted by molar-refractivity contribution is 0.0949. The molecule has 1 N–H and O–H groups in total. The molecule has 4 aromatic rings. The zero-order chi connectivity index (χ0) is 22.3. The van der Waals surface area contributed by atoms with Crippen molar-refractivity contribution in [3.63, 3.8) is 0 Å². The smallest absolute Gasteiger partial charge is 0.251 e. The van der Waals surface area contributed by atoms with E-state index in [0.29, 0.717) is 18.7 Å². The summed E-state index contributed by atoms with van der Waals surface area (Å²) in [7, 11) is 0. The predicted molar refractivity (Wildman–Crippen MR) is 128 cm³/mol. The quantitative estimate of drug-likeness (QED) is 0.362. The second-order valence-corrected chi connectivity index (χ2v) is 8.09. The monoisotopic (exact) mass is 427 g/mol. The van der Waals surface area contributed by atoms with Crippen LogP contribution in [0.15, 0.2) is 72.8 Å². The highest BCUT2D eigenvalue weighted by atomic mass is 16.5. The molecule has 0 aliphatic rings. The van der Waals surface area contributed by atoms with E-state index in [2.05, 4.69) is 35.0 Å². The van der Waals surface area contributed by atoms with Crippen LogP contribution in [0.5, 0.6) is 5.75 Å². The normalized spacial score (nSPS) is 10.9. The molecule has 5 nitrogen and oxygen atoms in total. The van der Waals surface area contributed by atoms with Gasteiger partial charge in [-0.1, -0.05) is 42.0 Å². The molecule has 1 heterocycles. The molecule has 5 heteroatoms. The van der Waals surface area contributed by atoms with Crippen molar-refractivity contribution in [2.45, 2.75) is 39.8 Å². The second-order valence-electron chi connectivity index (χ2n) is 8.09. The van der Waals surface area contributed by atoms with Gasteiger partial charge in [0, 0.05) is 12.1 Å². The number of aromatic nitrogens is 2. The molecule has 1 aromatic heterocycles. The minimum Gasteiger partial charge on any atom is -0.494 e. The zero-order valence-corrected chi connectivity index (χ0v) is 18.7. The van der Waals surface area contributed by atoms with Gasteiger partial charge in [0.1, 0.15) is 11.6 Å². The van der Waals surface area contributed by atoms with E-state index in [4.69, 9.17) is 9.72 Å². The molecule has 1 amide bonds. The number of hydrogen-bond donors (Lipinski definition) is 1. The standard InChI is InChI=1S/C27H29N3O2/c1-20-12-14-22(15-13-20)27(31)28-19-26-29-24-10-3-4-11-25(24)30(26)16-5-6-17-32-23-9-7-8-21(2)18-23/h3-4,7-15,18H,5-6,16-17,19H2,1-2H3,(H,28,31). The number of hydrogen-bond acceptors (Lipinski definition) is 3. The molecule has 0 radical (unpaired) electrons. The van der Waals surface area contributed by atoms with Gasteiger partial charge in [-0.05, 0) is 68.7 Å². The van der Waals surface area contributed by atoms with E-state index in [1.54, 1.807) is 0 Å². The number of para-hydroxylation sites is 2. The van der Waals surface area contributed by atoms with Crippen LogP contribution in [-0.2, 0) is 13.1 Å². The Morgan fingerprint density at radius 3 is 2.56 bits per heavy atom. The molecule has 0 saturated carbocycles. The fraction of sp³-hybridized carbons (Fsp3) is 0.259. The van der Waals surface area contributed by atoms with E-state index in [9.17, 15) is 4.79 Å². The molecule has 0 unspecified atom stereocenters. The summed E-state index contributed by atoms with van der Waals surface area (Å²) in [6.07, 6.45) is 1.90. The summed E-state index contributed by atoms with van der Waals surface area (Å²) in [6.45, 7) is 5.97. The van der Waals surface area contributed by atoms with Crippen LogP contribution in [0, 0.1) is 13.8 Å². The molecule has 3 aromatic carbocycles. The summed E-state index contributed by atoms with van der Waals surface area (Å²) in [5, 5.41) is 3.02. The van der Waals surface area contributed by atoms with Gasteiger partial charge in [0.05, 0.1) is 24.2 Å². The van der Waals surface area contributed by atoms with Gasteiger partial charge in [-0.25, -0.2) is 4.98 Å². The highest BCUT2D eigenvalue weighted by molar-refractivity contribution is 5.94. The fourth-order valence-corrected chi connectivity index (χ4v) is 3.74. The average molecular weight is 428 g/mol. The third kappa shape index (κ3) is 5.35. The number of benzene rings is 3. The second kappa shape index (κ2) is 10.1. The molecule has 4 rings (SSSR count). The Kier molecular flexibility index (Phi) is 6.85. The van der Waals surface area contributed by atoms with E-state index in [1.165, 1.54) is 5.56 Å². The molecule has 0 aliphatic carbocycles. The summed E-state index contributed by atoms with van der Waals surface area (Å²) in [6, 6.07) is 23.8. The summed E-state index contributed by atoms with van der Waals surface area (Å²) in [4.78, 5) is 17.3. The van der Waals surface area contributed by atoms with Crippen LogP contribution in [0.25, 0.3) is 11.0 Å². The Bertz CT molecular complexity index is 1200. The van der Waals surface area contributed by atoms with Crippen LogP contribution in [0.4, 0.5) is 0 Å². The van der Waals surface area contributed by atoms with Gasteiger partial charge in [-0.15, -0.1) is 0 Å². The van der Waals surface area contributed by atoms with Crippen LogP contribution in [0.1, 0.15) is 40.2 Å². The van der Waals surface area contributed by atoms with Crippen molar-refractivity contribution in [2.24, 2.45) is 0 Å². The first-order valence-corrected chi connectivity index (χ1v) is 11.1. The third-order valence-corrected chi connectivity index (χ3v) is 5.49.